The number of halogens is 1. The molecular weight excluding hydrogens is 318 g/mol. The number of nitrogens with zero attached hydrogens (tertiary/aromatic N) is 1. The van der Waals surface area contributed by atoms with Gasteiger partial charge in [-0.2, -0.15) is 0 Å². The maximum atomic E-state index is 11.9. The molecule has 0 bridgehead atoms. The lowest BCUT2D eigenvalue weighted by molar-refractivity contribution is -0.873. The Morgan fingerprint density at radius 3 is 2.22 bits per heavy atom. The highest BCUT2D eigenvalue weighted by Gasteiger charge is 2.22. The van der Waals surface area contributed by atoms with Crippen molar-refractivity contribution < 1.29 is 28.0 Å². The van der Waals surface area contributed by atoms with Gasteiger partial charge in [-0.05, 0) is 6.42 Å². The zero-order valence-corrected chi connectivity index (χ0v) is 15.5. The molecule has 0 spiro atoms. The number of hydrogen-bond acceptors (Lipinski definition) is 4. The molecule has 1 atom stereocenters. The molecule has 0 N–H and O–H groups in total. The smallest absolute Gasteiger partial charge is 0.306 e. The van der Waals surface area contributed by atoms with Crippen molar-refractivity contribution in [2.45, 2.75) is 70.8 Å². The first kappa shape index (κ1) is 18.5. The Morgan fingerprint density at radius 2 is 1.70 bits per heavy atom. The molecule has 0 radical (unpaired) electrons. The summed E-state index contributed by atoms with van der Waals surface area (Å²) < 4.78 is 27.3. The van der Waals surface area contributed by atoms with E-state index in [1.165, 1.54) is 33.4 Å². The van der Waals surface area contributed by atoms with E-state index in [0.29, 0.717) is 6.42 Å². The molecule has 138 valence electrons. The molecule has 0 aromatic carbocycles. The number of unbranched alkanes of at least 4 members (excludes halogenated alkanes) is 6. The Morgan fingerprint density at radius 1 is 1.13 bits per heavy atom. The molecule has 0 unspecified atom stereocenters. The van der Waals surface area contributed by atoms with Gasteiger partial charge in [0.25, 0.3) is 0 Å². The number of carboxylic acids is 1. The highest BCUT2D eigenvalue weighted by molar-refractivity contribution is 5.85. The molecule has 0 saturated heterocycles. The second kappa shape index (κ2) is 13.6. The molecule has 0 amide bonds. The number of carbonyl (C=O) groups excluding carboxylic acids is 2. The predicted molar refractivity (Wildman–Crippen MR) is 92.3 cm³/mol. The van der Waals surface area contributed by atoms with E-state index in [2.05, 4.69) is 6.92 Å². The molecule has 5 nitrogen and oxygen atoms in total. The Balaban J connectivity index is 0. The van der Waals surface area contributed by atoms with Gasteiger partial charge in [0.15, 0.2) is 6.10 Å². The molecule has 0 aliphatic heterocycles. The Hall–Kier alpha value is -0.810. The predicted octanol–water partition coefficient (Wildman–Crippen LogP) is 2.31. The van der Waals surface area contributed by atoms with Crippen LogP contribution in [0.3, 0.4) is 0 Å². The molecule has 23 heavy (non-hydrogen) atoms. The number of carboxylic acid groups (broad SMARTS) is 1. The Bertz CT molecular complexity index is 417. The second-order valence-electron chi connectivity index (χ2n) is 6.43. The van der Waals surface area contributed by atoms with Crippen LogP contribution in [0.4, 0.5) is 0 Å². The van der Waals surface area contributed by atoms with Crippen LogP contribution in [-0.2, 0) is 14.3 Å². The van der Waals surface area contributed by atoms with E-state index in [4.69, 9.17) is 8.85 Å². The molecular formula is C17H34ClNO4. The molecule has 0 fully saturated rings. The molecule has 0 heterocycles. The van der Waals surface area contributed by atoms with Crippen molar-refractivity contribution in [3.8, 4) is 0 Å². The molecule has 0 aliphatic rings. The van der Waals surface area contributed by atoms with E-state index in [0.717, 1.165) is 19.3 Å². The summed E-state index contributed by atoms with van der Waals surface area (Å²) >= 11 is 0. The standard InChI is InChI=1S/C17H33NO4.ClH/c1-5-6-7-8-9-10-11-12-17(21)22-15(13-16(19)20)14-18(2,3)4;/h15H,5-14H2,1-4H3;1H/t15-;/m1./s1/i2D3;. The summed E-state index contributed by atoms with van der Waals surface area (Å²) in [5, 5.41) is 10.9. The summed E-state index contributed by atoms with van der Waals surface area (Å²) in [4.78, 5) is 22.8. The summed E-state index contributed by atoms with van der Waals surface area (Å²) in [5.74, 6) is -1.84. The van der Waals surface area contributed by atoms with E-state index in [9.17, 15) is 14.7 Å². The van der Waals surface area contributed by atoms with Crippen LogP contribution < -0.4 is 5.11 Å². The first-order chi connectivity index (χ1) is 11.5. The zero-order chi connectivity index (χ0) is 19.5. The number of hydrogen-bond donors (Lipinski definition) is 0. The minimum atomic E-state index is -2.32. The molecule has 0 rings (SSSR count). The fraction of sp³-hybridized carbons (Fsp3) is 0.882. The maximum absolute atomic E-state index is 11.9. The number of quaternary nitrogens is 1. The van der Waals surface area contributed by atoms with Crippen LogP contribution in [0, 0.1) is 0 Å². The van der Waals surface area contributed by atoms with E-state index in [-0.39, 0.29) is 25.4 Å². The average molecular weight is 355 g/mol. The topological polar surface area (TPSA) is 66.4 Å². The van der Waals surface area contributed by atoms with Crippen molar-refractivity contribution in [2.24, 2.45) is 0 Å². The molecule has 0 aliphatic carbocycles. The van der Waals surface area contributed by atoms with Crippen LogP contribution in [0.2, 0.25) is 0 Å². The van der Waals surface area contributed by atoms with Crippen molar-refractivity contribution in [1.82, 2.24) is 0 Å². The maximum Gasteiger partial charge on any atom is 0.306 e. The van der Waals surface area contributed by atoms with Gasteiger partial charge in [0, 0.05) is 18.8 Å². The minimum absolute atomic E-state index is 0. The van der Waals surface area contributed by atoms with Crippen LogP contribution >= 0.6 is 12.4 Å². The third-order valence-electron chi connectivity index (χ3n) is 3.34. The van der Waals surface area contributed by atoms with Gasteiger partial charge in [-0.1, -0.05) is 45.4 Å². The fourth-order valence-electron chi connectivity index (χ4n) is 2.31. The van der Waals surface area contributed by atoms with Gasteiger partial charge in [-0.3, -0.25) is 4.79 Å². The van der Waals surface area contributed by atoms with Crippen LogP contribution in [-0.4, -0.2) is 50.1 Å². The van der Waals surface area contributed by atoms with Gasteiger partial charge >= 0.3 is 5.97 Å². The lowest BCUT2D eigenvalue weighted by Crippen LogP contribution is -2.45. The SMILES string of the molecule is Cl.[2H]C([2H])([2H])[N+](C)(C)C[C@@H](CC(=O)[O-])OC(=O)CCCCCCCCC. The van der Waals surface area contributed by atoms with Crippen molar-refractivity contribution in [3.63, 3.8) is 0 Å². The van der Waals surface area contributed by atoms with Gasteiger partial charge in [0.05, 0.1) is 25.2 Å². The fourth-order valence-corrected chi connectivity index (χ4v) is 2.31. The molecule has 6 heteroatoms. The van der Waals surface area contributed by atoms with Crippen LogP contribution in [0.25, 0.3) is 0 Å². The lowest BCUT2D eigenvalue weighted by atomic mass is 10.1. The summed E-state index contributed by atoms with van der Waals surface area (Å²) in [5.41, 5.74) is 0. The van der Waals surface area contributed by atoms with Crippen molar-refractivity contribution in [3.05, 3.63) is 0 Å². The largest absolute Gasteiger partial charge is 0.550 e. The van der Waals surface area contributed by atoms with Crippen molar-refractivity contribution >= 4 is 24.3 Å². The minimum Gasteiger partial charge on any atom is -0.550 e. The van der Waals surface area contributed by atoms with E-state index < -0.39 is 35.9 Å². The van der Waals surface area contributed by atoms with Gasteiger partial charge in [0.1, 0.15) is 6.54 Å². The Labute approximate surface area is 151 Å². The molecule has 0 aromatic rings. The van der Waals surface area contributed by atoms with Crippen LogP contribution in [0.5, 0.6) is 0 Å². The van der Waals surface area contributed by atoms with Crippen molar-refractivity contribution in [1.29, 1.82) is 0 Å². The van der Waals surface area contributed by atoms with E-state index >= 15 is 0 Å². The van der Waals surface area contributed by atoms with Crippen LogP contribution in [0.15, 0.2) is 0 Å². The molecule has 0 aromatic heterocycles. The highest BCUT2D eigenvalue weighted by atomic mass is 35.5. The van der Waals surface area contributed by atoms with Gasteiger partial charge in [0.2, 0.25) is 0 Å². The third kappa shape index (κ3) is 17.4. The summed E-state index contributed by atoms with van der Waals surface area (Å²) in [6.07, 6.45) is 6.19. The monoisotopic (exact) mass is 354 g/mol. The number of ether oxygens (including phenoxy) is 1. The third-order valence-corrected chi connectivity index (χ3v) is 3.34. The zero-order valence-electron chi connectivity index (χ0n) is 17.6. The number of carbonyl (C=O) groups is 2. The number of esters is 1. The van der Waals surface area contributed by atoms with Gasteiger partial charge in [-0.15, -0.1) is 12.4 Å². The Kier molecular flexibility index (Phi) is 11.0. The van der Waals surface area contributed by atoms with Crippen molar-refractivity contribution in [2.75, 3.05) is 27.6 Å². The molecule has 0 saturated carbocycles. The van der Waals surface area contributed by atoms with E-state index in [1.54, 1.807) is 0 Å². The van der Waals surface area contributed by atoms with Crippen LogP contribution in [0.1, 0.15) is 68.8 Å². The number of rotatable bonds is 13. The highest BCUT2D eigenvalue weighted by Crippen LogP contribution is 2.11. The number of aliphatic carboxylic acids is 1. The van der Waals surface area contributed by atoms with Gasteiger partial charge < -0.3 is 19.1 Å². The summed E-state index contributed by atoms with van der Waals surface area (Å²) in [6.45, 7) is -0.270. The summed E-state index contributed by atoms with van der Waals surface area (Å²) in [7, 11) is 2.92. The first-order valence-corrected chi connectivity index (χ1v) is 8.22. The summed E-state index contributed by atoms with van der Waals surface area (Å²) in [6, 6.07) is 0. The second-order valence-corrected chi connectivity index (χ2v) is 6.43. The average Bonchev–Trinajstić information content (AvgIpc) is 2.43. The van der Waals surface area contributed by atoms with Gasteiger partial charge in [-0.25, -0.2) is 0 Å². The van der Waals surface area contributed by atoms with E-state index in [1.807, 2.05) is 0 Å². The normalized spacial score (nSPS) is 14.8. The number of likely N-dealkylation sites (N-methyl/N-ethyl adjacent to an activating group) is 1. The lowest BCUT2D eigenvalue weighted by Gasteiger charge is -2.29. The quantitative estimate of drug-likeness (QED) is 0.289. The first-order valence-electron chi connectivity index (χ1n) is 9.72.